The molecule has 1 aliphatic heterocycles. The van der Waals surface area contributed by atoms with Crippen molar-refractivity contribution < 1.29 is 4.79 Å². The molecule has 1 aromatic carbocycles. The average Bonchev–Trinajstić information content (AvgIpc) is 3.27. The van der Waals surface area contributed by atoms with E-state index in [0.29, 0.717) is 6.54 Å². The number of aryl methyl sites for hydroxylation is 1. The molecule has 0 saturated carbocycles. The summed E-state index contributed by atoms with van der Waals surface area (Å²) in [4.78, 5) is 20.5. The number of nitrogens with one attached hydrogen (secondary N) is 1. The third-order valence-corrected chi connectivity index (χ3v) is 6.51. The number of anilines is 1. The maximum absolute atomic E-state index is 12.6. The maximum atomic E-state index is 12.6. The Morgan fingerprint density at radius 1 is 1.21 bits per heavy atom. The van der Waals surface area contributed by atoms with Gasteiger partial charge in [-0.05, 0) is 25.3 Å². The number of nitrogens with zero attached hydrogens (tertiary/aromatic N) is 4. The molecule has 4 rings (SSSR count). The number of piperidine rings is 1. The van der Waals surface area contributed by atoms with Crippen molar-refractivity contribution in [2.45, 2.75) is 52.5 Å². The fourth-order valence-electron chi connectivity index (χ4n) is 3.55. The minimum absolute atomic E-state index is 0.0257. The lowest BCUT2D eigenvalue weighted by molar-refractivity contribution is -0.125. The molecule has 0 bridgehead atoms. The van der Waals surface area contributed by atoms with Crippen molar-refractivity contribution in [3.8, 4) is 0 Å². The third-order valence-electron chi connectivity index (χ3n) is 5.52. The molecule has 154 valence electrons. The van der Waals surface area contributed by atoms with Crippen LogP contribution in [-0.4, -0.2) is 33.6 Å². The zero-order valence-electron chi connectivity index (χ0n) is 17.6. The van der Waals surface area contributed by atoms with Crippen LogP contribution < -0.4 is 10.2 Å². The zero-order valence-corrected chi connectivity index (χ0v) is 18.4. The van der Waals surface area contributed by atoms with E-state index in [9.17, 15) is 4.79 Å². The Balaban J connectivity index is 1.31. The van der Waals surface area contributed by atoms with Gasteiger partial charge in [0.2, 0.25) is 16.0 Å². The molecule has 0 unspecified atom stereocenters. The number of fused-ring (bicyclic) bond motifs is 1. The summed E-state index contributed by atoms with van der Waals surface area (Å²) in [6.45, 7) is 10.9. The monoisotopic (exact) mass is 411 g/mol. The minimum Gasteiger partial charge on any atom is -0.352 e. The smallest absolute Gasteiger partial charge is 0.223 e. The second kappa shape index (κ2) is 7.78. The molecule has 6 nitrogen and oxygen atoms in total. The molecule has 1 aliphatic rings. The molecule has 7 heteroatoms. The summed E-state index contributed by atoms with van der Waals surface area (Å²) in [5.41, 5.74) is 3.46. The van der Waals surface area contributed by atoms with E-state index >= 15 is 0 Å². The normalized spacial score (nSPS) is 15.8. The SMILES string of the molecule is Cc1ccc(CNC(=O)C2CCN(c3nn4cc(C(C)(C)C)nc4s3)CC2)cc1. The van der Waals surface area contributed by atoms with E-state index in [0.717, 1.165) is 47.3 Å². The van der Waals surface area contributed by atoms with Crippen LogP contribution in [-0.2, 0) is 16.8 Å². The van der Waals surface area contributed by atoms with Crippen LogP contribution in [0, 0.1) is 12.8 Å². The molecule has 1 fully saturated rings. The predicted molar refractivity (Wildman–Crippen MR) is 118 cm³/mol. The summed E-state index contributed by atoms with van der Waals surface area (Å²) >= 11 is 1.63. The van der Waals surface area contributed by atoms with E-state index in [1.807, 2.05) is 10.7 Å². The van der Waals surface area contributed by atoms with E-state index in [2.05, 4.69) is 62.2 Å². The summed E-state index contributed by atoms with van der Waals surface area (Å²) in [5.74, 6) is 0.238. The zero-order chi connectivity index (χ0) is 20.6. The van der Waals surface area contributed by atoms with Gasteiger partial charge in [-0.25, -0.2) is 9.50 Å². The Labute approximate surface area is 175 Å². The molecular weight excluding hydrogens is 382 g/mol. The topological polar surface area (TPSA) is 62.5 Å². The van der Waals surface area contributed by atoms with Crippen molar-refractivity contribution in [3.63, 3.8) is 0 Å². The Hall–Kier alpha value is -2.41. The number of aromatic nitrogens is 3. The number of carbonyl (C=O) groups is 1. The maximum Gasteiger partial charge on any atom is 0.223 e. The standard InChI is InChI=1S/C22H29N5OS/c1-15-5-7-16(8-6-15)13-23-19(28)17-9-11-26(12-10-17)21-25-27-14-18(22(2,3)4)24-20(27)29-21/h5-8,14,17H,9-13H2,1-4H3,(H,23,28). The fourth-order valence-corrected chi connectivity index (χ4v) is 4.49. The third kappa shape index (κ3) is 4.45. The van der Waals surface area contributed by atoms with Crippen LogP contribution in [0.25, 0.3) is 4.96 Å². The number of benzene rings is 1. The minimum atomic E-state index is 0.0257. The highest BCUT2D eigenvalue weighted by molar-refractivity contribution is 7.20. The van der Waals surface area contributed by atoms with Gasteiger partial charge < -0.3 is 10.2 Å². The number of rotatable bonds is 4. The molecule has 0 atom stereocenters. The lowest BCUT2D eigenvalue weighted by Crippen LogP contribution is -2.40. The Morgan fingerprint density at radius 2 is 1.90 bits per heavy atom. The molecule has 1 saturated heterocycles. The molecule has 3 aromatic rings. The second-order valence-corrected chi connectivity index (χ2v) is 9.89. The van der Waals surface area contributed by atoms with Crippen molar-refractivity contribution in [3.05, 3.63) is 47.3 Å². The fraction of sp³-hybridized carbons (Fsp3) is 0.500. The molecule has 2 aromatic heterocycles. The molecule has 1 amide bonds. The molecular formula is C22H29N5OS. The van der Waals surface area contributed by atoms with Gasteiger partial charge in [0.25, 0.3) is 0 Å². The van der Waals surface area contributed by atoms with E-state index in [-0.39, 0.29) is 17.2 Å². The summed E-state index contributed by atoms with van der Waals surface area (Å²) in [7, 11) is 0. The molecule has 3 heterocycles. The number of imidazole rings is 1. The number of hydrogen-bond acceptors (Lipinski definition) is 5. The summed E-state index contributed by atoms with van der Waals surface area (Å²) < 4.78 is 1.89. The van der Waals surface area contributed by atoms with Crippen molar-refractivity contribution in [2.24, 2.45) is 5.92 Å². The molecule has 29 heavy (non-hydrogen) atoms. The van der Waals surface area contributed by atoms with Gasteiger partial charge in [0.15, 0.2) is 0 Å². The molecule has 0 spiro atoms. The lowest BCUT2D eigenvalue weighted by Gasteiger charge is -2.30. The molecule has 1 N–H and O–H groups in total. The first-order valence-electron chi connectivity index (χ1n) is 10.2. The molecule has 0 radical (unpaired) electrons. The Morgan fingerprint density at radius 3 is 2.52 bits per heavy atom. The summed E-state index contributed by atoms with van der Waals surface area (Å²) in [5, 5.41) is 8.81. The number of amides is 1. The van der Waals surface area contributed by atoms with Crippen LogP contribution in [0.1, 0.15) is 50.4 Å². The van der Waals surface area contributed by atoms with Gasteiger partial charge in [-0.15, -0.1) is 5.10 Å². The van der Waals surface area contributed by atoms with E-state index < -0.39 is 0 Å². The van der Waals surface area contributed by atoms with Crippen molar-refractivity contribution in [2.75, 3.05) is 18.0 Å². The molecule has 0 aliphatic carbocycles. The van der Waals surface area contributed by atoms with Crippen molar-refractivity contribution in [1.82, 2.24) is 19.9 Å². The highest BCUT2D eigenvalue weighted by atomic mass is 32.1. The van der Waals surface area contributed by atoms with Gasteiger partial charge in [-0.1, -0.05) is 61.9 Å². The first-order chi connectivity index (χ1) is 13.8. The van der Waals surface area contributed by atoms with Crippen LogP contribution in [0.15, 0.2) is 30.5 Å². The van der Waals surface area contributed by atoms with Crippen LogP contribution in [0.5, 0.6) is 0 Å². The van der Waals surface area contributed by atoms with Gasteiger partial charge in [-0.2, -0.15) is 0 Å². The van der Waals surface area contributed by atoms with Crippen LogP contribution in [0.4, 0.5) is 5.13 Å². The van der Waals surface area contributed by atoms with Crippen molar-refractivity contribution >= 4 is 27.3 Å². The predicted octanol–water partition coefficient (Wildman–Crippen LogP) is 3.93. The van der Waals surface area contributed by atoms with Crippen molar-refractivity contribution in [1.29, 1.82) is 0 Å². The lowest BCUT2D eigenvalue weighted by atomic mass is 9.93. The van der Waals surface area contributed by atoms with E-state index in [1.165, 1.54) is 5.56 Å². The summed E-state index contributed by atoms with van der Waals surface area (Å²) in [6, 6.07) is 8.30. The highest BCUT2D eigenvalue weighted by Crippen LogP contribution is 2.30. The number of carbonyl (C=O) groups excluding carboxylic acids is 1. The van der Waals surface area contributed by atoms with E-state index in [4.69, 9.17) is 10.1 Å². The second-order valence-electron chi connectivity index (χ2n) is 8.95. The largest absolute Gasteiger partial charge is 0.352 e. The van der Waals surface area contributed by atoms with Crippen LogP contribution >= 0.6 is 11.3 Å². The van der Waals surface area contributed by atoms with Crippen LogP contribution in [0.3, 0.4) is 0 Å². The average molecular weight is 412 g/mol. The van der Waals surface area contributed by atoms with Gasteiger partial charge in [0.05, 0.1) is 11.9 Å². The number of hydrogen-bond donors (Lipinski definition) is 1. The van der Waals surface area contributed by atoms with E-state index in [1.54, 1.807) is 11.3 Å². The highest BCUT2D eigenvalue weighted by Gasteiger charge is 2.27. The van der Waals surface area contributed by atoms with Crippen LogP contribution in [0.2, 0.25) is 0 Å². The Kier molecular flexibility index (Phi) is 5.34. The quantitative estimate of drug-likeness (QED) is 0.707. The van der Waals surface area contributed by atoms with Gasteiger partial charge >= 0.3 is 0 Å². The van der Waals surface area contributed by atoms with Gasteiger partial charge in [-0.3, -0.25) is 4.79 Å². The Bertz CT molecular complexity index is 959. The van der Waals surface area contributed by atoms with Gasteiger partial charge in [0, 0.05) is 31.0 Å². The summed E-state index contributed by atoms with van der Waals surface area (Å²) in [6.07, 6.45) is 3.74. The first-order valence-corrected chi connectivity index (χ1v) is 11.1. The first kappa shape index (κ1) is 19.9. The van der Waals surface area contributed by atoms with Gasteiger partial charge in [0.1, 0.15) is 0 Å².